The van der Waals surface area contributed by atoms with Crippen LogP contribution < -0.4 is 0 Å². The number of likely N-dealkylation sites (tertiary alicyclic amines) is 2. The van der Waals surface area contributed by atoms with Gasteiger partial charge >= 0.3 is 5.97 Å². The van der Waals surface area contributed by atoms with Gasteiger partial charge in [-0.2, -0.15) is 0 Å². The molecule has 0 aromatic heterocycles. The maximum Gasteiger partial charge on any atom is 0.336 e. The molecule has 1 N–H and O–H groups in total. The van der Waals surface area contributed by atoms with E-state index in [-0.39, 0.29) is 29.4 Å². The van der Waals surface area contributed by atoms with Crippen LogP contribution in [0, 0.1) is 5.41 Å². The number of benzene rings is 2. The van der Waals surface area contributed by atoms with Crippen LogP contribution in [0.25, 0.3) is 0 Å². The number of carboxylic acids is 1. The van der Waals surface area contributed by atoms with Crippen molar-refractivity contribution in [1.29, 1.82) is 0 Å². The number of aromatic carboxylic acids is 1. The van der Waals surface area contributed by atoms with E-state index in [1.54, 1.807) is 19.1 Å². The molecule has 5 rings (SSSR count). The van der Waals surface area contributed by atoms with Crippen LogP contribution in [0.3, 0.4) is 0 Å². The highest BCUT2D eigenvalue weighted by Gasteiger charge is 2.63. The number of carbonyl (C=O) groups excluding carboxylic acids is 1. The molecule has 2 aromatic carbocycles. The summed E-state index contributed by atoms with van der Waals surface area (Å²) in [6.45, 7) is 4.71. The van der Waals surface area contributed by atoms with Gasteiger partial charge in [-0.05, 0) is 49.3 Å². The van der Waals surface area contributed by atoms with Crippen LogP contribution >= 0.6 is 0 Å². The van der Waals surface area contributed by atoms with Gasteiger partial charge in [-0.15, -0.1) is 0 Å². The maximum atomic E-state index is 13.0. The highest BCUT2D eigenvalue weighted by Crippen LogP contribution is 2.56. The van der Waals surface area contributed by atoms with Crippen molar-refractivity contribution in [2.45, 2.75) is 76.7 Å². The van der Waals surface area contributed by atoms with Crippen LogP contribution in [0.4, 0.5) is 0 Å². The first kappa shape index (κ1) is 21.2. The lowest BCUT2D eigenvalue weighted by molar-refractivity contribution is -0.142. The van der Waals surface area contributed by atoms with Crippen molar-refractivity contribution < 1.29 is 14.7 Å². The zero-order chi connectivity index (χ0) is 22.5. The molecular weight excluding hydrogens is 400 g/mol. The summed E-state index contributed by atoms with van der Waals surface area (Å²) in [6, 6.07) is 18.8. The molecule has 32 heavy (non-hydrogen) atoms. The molecule has 168 valence electrons. The average molecular weight is 433 g/mol. The van der Waals surface area contributed by atoms with Gasteiger partial charge in [-0.3, -0.25) is 9.69 Å². The summed E-state index contributed by atoms with van der Waals surface area (Å²) in [7, 11) is 0. The second kappa shape index (κ2) is 8.04. The fraction of sp³-hybridized carbons (Fsp3) is 0.481. The van der Waals surface area contributed by atoms with E-state index in [2.05, 4.69) is 41.0 Å². The molecule has 5 atom stereocenters. The fourth-order valence-corrected chi connectivity index (χ4v) is 7.07. The molecule has 3 aliphatic rings. The summed E-state index contributed by atoms with van der Waals surface area (Å²) >= 11 is 0. The van der Waals surface area contributed by atoms with Crippen LogP contribution in [0.1, 0.15) is 61.0 Å². The third kappa shape index (κ3) is 3.34. The van der Waals surface area contributed by atoms with E-state index in [1.165, 1.54) is 5.56 Å². The summed E-state index contributed by atoms with van der Waals surface area (Å²) in [5.74, 6) is -0.706. The van der Waals surface area contributed by atoms with Gasteiger partial charge in [0.2, 0.25) is 5.91 Å². The first-order valence-corrected chi connectivity index (χ1v) is 11.8. The van der Waals surface area contributed by atoms with E-state index in [4.69, 9.17) is 0 Å². The van der Waals surface area contributed by atoms with Crippen LogP contribution in [0.5, 0.6) is 0 Å². The Labute approximate surface area is 190 Å². The number of amides is 1. The van der Waals surface area contributed by atoms with E-state index in [0.717, 1.165) is 37.7 Å². The number of hydrogen-bond donors (Lipinski definition) is 1. The summed E-state index contributed by atoms with van der Waals surface area (Å²) in [5, 5.41) is 9.74. The second-order valence-electron chi connectivity index (χ2n) is 10.1. The quantitative estimate of drug-likeness (QED) is 0.763. The zero-order valence-corrected chi connectivity index (χ0v) is 18.9. The largest absolute Gasteiger partial charge is 0.478 e. The van der Waals surface area contributed by atoms with E-state index < -0.39 is 5.97 Å². The molecule has 5 nitrogen and oxygen atoms in total. The van der Waals surface area contributed by atoms with Crippen LogP contribution in [-0.2, 0) is 17.8 Å². The number of carboxylic acid groups (broad SMARTS) is 1. The van der Waals surface area contributed by atoms with Crippen molar-refractivity contribution in [3.05, 3.63) is 71.3 Å². The van der Waals surface area contributed by atoms with Crippen molar-refractivity contribution in [3.8, 4) is 0 Å². The maximum absolute atomic E-state index is 13.0. The van der Waals surface area contributed by atoms with E-state index in [9.17, 15) is 14.7 Å². The van der Waals surface area contributed by atoms with Crippen LogP contribution in [0.15, 0.2) is 54.6 Å². The Balaban J connectivity index is 1.56. The first-order chi connectivity index (χ1) is 15.4. The monoisotopic (exact) mass is 432 g/mol. The van der Waals surface area contributed by atoms with Crippen molar-refractivity contribution in [2.75, 3.05) is 0 Å². The Kier molecular flexibility index (Phi) is 5.32. The minimum absolute atomic E-state index is 0.0555. The molecule has 0 unspecified atom stereocenters. The Morgan fingerprint density at radius 3 is 2.44 bits per heavy atom. The van der Waals surface area contributed by atoms with Gasteiger partial charge in [-0.1, -0.05) is 55.5 Å². The first-order valence-electron chi connectivity index (χ1n) is 11.8. The molecule has 1 saturated carbocycles. The average Bonchev–Trinajstić information content (AvgIpc) is 3.06. The lowest BCUT2D eigenvalue weighted by Crippen LogP contribution is -2.62. The van der Waals surface area contributed by atoms with Gasteiger partial charge in [0, 0.05) is 37.0 Å². The second-order valence-corrected chi connectivity index (χ2v) is 10.1. The SMILES string of the molecule is CC(=O)N1[C@H](Cc2ccccc2)[C@@H]2C[C@@]3(C)[C@H](CCC[C@@H]13)N2Cc1ccccc1C(=O)O. The highest BCUT2D eigenvalue weighted by molar-refractivity contribution is 5.89. The topological polar surface area (TPSA) is 60.9 Å². The van der Waals surface area contributed by atoms with Gasteiger partial charge in [0.25, 0.3) is 0 Å². The summed E-state index contributed by atoms with van der Waals surface area (Å²) < 4.78 is 0. The van der Waals surface area contributed by atoms with Crippen LogP contribution in [-0.4, -0.2) is 51.0 Å². The molecule has 0 spiro atoms. The fourth-order valence-electron chi connectivity index (χ4n) is 7.07. The molecule has 3 fully saturated rings. The molecule has 2 saturated heterocycles. The van der Waals surface area contributed by atoms with Gasteiger partial charge in [0.1, 0.15) is 0 Å². The normalized spacial score (nSPS) is 31.5. The minimum Gasteiger partial charge on any atom is -0.478 e. The Bertz CT molecular complexity index is 1020. The summed E-state index contributed by atoms with van der Waals surface area (Å²) in [4.78, 5) is 29.6. The number of nitrogens with zero attached hydrogens (tertiary/aromatic N) is 2. The molecule has 2 heterocycles. The number of rotatable bonds is 5. The molecule has 2 aromatic rings. The molecule has 1 amide bonds. The summed E-state index contributed by atoms with van der Waals surface area (Å²) in [6.07, 6.45) is 5.18. The Hall–Kier alpha value is -2.66. The van der Waals surface area contributed by atoms with Crippen LogP contribution in [0.2, 0.25) is 0 Å². The van der Waals surface area contributed by atoms with Crippen molar-refractivity contribution in [1.82, 2.24) is 9.80 Å². The third-order valence-electron chi connectivity index (χ3n) is 8.34. The molecule has 0 radical (unpaired) electrons. The van der Waals surface area contributed by atoms with E-state index >= 15 is 0 Å². The highest BCUT2D eigenvalue weighted by atomic mass is 16.4. The predicted octanol–water partition coefficient (Wildman–Crippen LogP) is 4.36. The number of hydrogen-bond acceptors (Lipinski definition) is 3. The molecule has 5 heteroatoms. The Morgan fingerprint density at radius 2 is 1.72 bits per heavy atom. The number of carbonyl (C=O) groups is 2. The molecule has 2 bridgehead atoms. The standard InChI is InChI=1S/C27H32N2O3/c1-18(30)29-22(15-19-9-4-3-5-10-19)23-16-27(2)24(13-8-14-25(27)29)28(23)17-20-11-6-7-12-21(20)26(31)32/h3-7,9-12,22-25H,8,13-17H2,1-2H3,(H,31,32)/t22-,23+,24+,25-,27+/m1/s1. The third-order valence-corrected chi connectivity index (χ3v) is 8.34. The van der Waals surface area contributed by atoms with E-state index in [1.807, 2.05) is 18.2 Å². The van der Waals surface area contributed by atoms with Gasteiger partial charge in [0.05, 0.1) is 11.6 Å². The van der Waals surface area contributed by atoms with Gasteiger partial charge in [-0.25, -0.2) is 4.79 Å². The van der Waals surface area contributed by atoms with Gasteiger partial charge in [0.15, 0.2) is 0 Å². The molecular formula is C27H32N2O3. The van der Waals surface area contributed by atoms with E-state index in [0.29, 0.717) is 18.2 Å². The smallest absolute Gasteiger partial charge is 0.336 e. The zero-order valence-electron chi connectivity index (χ0n) is 18.9. The van der Waals surface area contributed by atoms with Crippen molar-refractivity contribution in [2.24, 2.45) is 5.41 Å². The van der Waals surface area contributed by atoms with Crippen molar-refractivity contribution >= 4 is 11.9 Å². The molecule has 2 aliphatic heterocycles. The minimum atomic E-state index is -0.873. The lowest BCUT2D eigenvalue weighted by atomic mass is 9.64. The Morgan fingerprint density at radius 1 is 1.03 bits per heavy atom. The lowest BCUT2D eigenvalue weighted by Gasteiger charge is -2.53. The summed E-state index contributed by atoms with van der Waals surface area (Å²) in [5.41, 5.74) is 2.56. The van der Waals surface area contributed by atoms with Gasteiger partial charge < -0.3 is 10.0 Å². The number of fused-ring (bicyclic) bond motifs is 1. The predicted molar refractivity (Wildman–Crippen MR) is 123 cm³/mol. The number of piperidine rings is 1. The molecule has 1 aliphatic carbocycles. The van der Waals surface area contributed by atoms with Crippen molar-refractivity contribution in [3.63, 3.8) is 0 Å².